The molecule has 0 saturated heterocycles. The van der Waals surface area contributed by atoms with Crippen LogP contribution in [0.5, 0.6) is 0 Å². The minimum absolute atomic E-state index is 0.128. The number of fused-ring (bicyclic) bond motifs is 1. The summed E-state index contributed by atoms with van der Waals surface area (Å²) in [6, 6.07) is 18.5. The Hall–Kier alpha value is -2.60. The molecule has 0 unspecified atom stereocenters. The molecule has 0 radical (unpaired) electrons. The number of amides is 1. The van der Waals surface area contributed by atoms with Crippen molar-refractivity contribution >= 4 is 23.4 Å². The molecule has 1 amide bonds. The highest BCUT2D eigenvalue weighted by Gasteiger charge is 2.25. The number of benzene rings is 2. The minimum atomic E-state index is 0.128. The van der Waals surface area contributed by atoms with Crippen molar-refractivity contribution in [1.82, 2.24) is 14.8 Å². The topological polar surface area (TPSA) is 51.0 Å². The van der Waals surface area contributed by atoms with Gasteiger partial charge in [0.15, 0.2) is 5.16 Å². The number of hydrogen-bond acceptors (Lipinski definition) is 4. The minimum Gasteiger partial charge on any atom is -0.311 e. The van der Waals surface area contributed by atoms with Crippen LogP contribution in [0.1, 0.15) is 30.8 Å². The summed E-state index contributed by atoms with van der Waals surface area (Å²) < 4.78 is 2.17. The quantitative estimate of drug-likeness (QED) is 0.552. The number of carbonyl (C=O) groups excluding carboxylic acids is 1. The molecule has 1 aliphatic rings. The first kappa shape index (κ1) is 19.7. The van der Waals surface area contributed by atoms with Gasteiger partial charge in [-0.15, -0.1) is 10.2 Å². The van der Waals surface area contributed by atoms with Crippen molar-refractivity contribution < 1.29 is 4.79 Å². The summed E-state index contributed by atoms with van der Waals surface area (Å²) in [5.74, 6) is 1.92. The van der Waals surface area contributed by atoms with Gasteiger partial charge in [-0.1, -0.05) is 74.1 Å². The Morgan fingerprint density at radius 1 is 1.07 bits per heavy atom. The first-order valence-corrected chi connectivity index (χ1v) is 11.1. The summed E-state index contributed by atoms with van der Waals surface area (Å²) in [7, 11) is 0. The van der Waals surface area contributed by atoms with Gasteiger partial charge >= 0.3 is 0 Å². The maximum Gasteiger partial charge on any atom is 0.237 e. The monoisotopic (exact) mass is 406 g/mol. The molecule has 3 aromatic rings. The summed E-state index contributed by atoms with van der Waals surface area (Å²) in [4.78, 5) is 14.8. The molecule has 6 heteroatoms. The Kier molecular flexibility index (Phi) is 6.00. The second kappa shape index (κ2) is 8.82. The third kappa shape index (κ3) is 4.53. The molecule has 2 aromatic carbocycles. The molecule has 1 aromatic heterocycles. The Morgan fingerprint density at radius 3 is 2.62 bits per heavy atom. The molecule has 1 aliphatic heterocycles. The summed E-state index contributed by atoms with van der Waals surface area (Å²) >= 11 is 1.49. The van der Waals surface area contributed by atoms with E-state index in [4.69, 9.17) is 0 Å². The number of thioether (sulfide) groups is 1. The first-order chi connectivity index (χ1) is 14.1. The van der Waals surface area contributed by atoms with E-state index in [0.29, 0.717) is 11.7 Å². The van der Waals surface area contributed by atoms with Crippen LogP contribution in [-0.2, 0) is 24.2 Å². The number of nitrogens with zero attached hydrogens (tertiary/aromatic N) is 4. The summed E-state index contributed by atoms with van der Waals surface area (Å²) in [5, 5.41) is 9.68. The average molecular weight is 407 g/mol. The molecule has 4 rings (SSSR count). The maximum atomic E-state index is 12.9. The lowest BCUT2D eigenvalue weighted by molar-refractivity contribution is -0.116. The highest BCUT2D eigenvalue weighted by atomic mass is 32.2. The molecule has 0 spiro atoms. The van der Waals surface area contributed by atoms with E-state index in [0.717, 1.165) is 42.6 Å². The molecular formula is C23H26N4OS. The van der Waals surface area contributed by atoms with Crippen LogP contribution in [0.15, 0.2) is 59.8 Å². The van der Waals surface area contributed by atoms with Crippen LogP contribution in [0.2, 0.25) is 0 Å². The zero-order valence-electron chi connectivity index (χ0n) is 16.9. The fraction of sp³-hybridized carbons (Fsp3) is 0.348. The predicted molar refractivity (Wildman–Crippen MR) is 117 cm³/mol. The molecule has 0 atom stereocenters. The van der Waals surface area contributed by atoms with Crippen LogP contribution in [0.3, 0.4) is 0 Å². The molecule has 0 fully saturated rings. The highest BCUT2D eigenvalue weighted by molar-refractivity contribution is 7.99. The molecule has 0 N–H and O–H groups in total. The molecule has 0 bridgehead atoms. The van der Waals surface area contributed by atoms with Crippen molar-refractivity contribution in [1.29, 1.82) is 0 Å². The Labute approximate surface area is 176 Å². The van der Waals surface area contributed by atoms with Gasteiger partial charge in [-0.05, 0) is 29.5 Å². The smallest absolute Gasteiger partial charge is 0.237 e. The number of para-hydroxylation sites is 1. The molecule has 0 aliphatic carbocycles. The van der Waals surface area contributed by atoms with E-state index in [-0.39, 0.29) is 5.91 Å². The van der Waals surface area contributed by atoms with E-state index in [1.807, 2.05) is 41.3 Å². The van der Waals surface area contributed by atoms with Crippen molar-refractivity contribution in [2.75, 3.05) is 17.2 Å². The van der Waals surface area contributed by atoms with Gasteiger partial charge in [0.2, 0.25) is 5.91 Å². The van der Waals surface area contributed by atoms with Gasteiger partial charge in [0.1, 0.15) is 5.82 Å². The predicted octanol–water partition coefficient (Wildman–Crippen LogP) is 4.21. The maximum absolute atomic E-state index is 12.9. The van der Waals surface area contributed by atoms with Crippen LogP contribution in [0.25, 0.3) is 0 Å². The number of rotatable bonds is 7. The SMILES string of the molecule is CC(C)Cn1c(Cc2ccccc2)nnc1SCC(=O)N1CCc2ccccc21. The Balaban J connectivity index is 1.47. The van der Waals surface area contributed by atoms with E-state index < -0.39 is 0 Å². The number of carbonyl (C=O) groups is 1. The summed E-state index contributed by atoms with van der Waals surface area (Å²) in [5.41, 5.74) is 3.51. The van der Waals surface area contributed by atoms with Crippen molar-refractivity contribution in [3.63, 3.8) is 0 Å². The molecule has 150 valence electrons. The fourth-order valence-corrected chi connectivity index (χ4v) is 4.53. The second-order valence-corrected chi connectivity index (χ2v) is 8.72. The highest BCUT2D eigenvalue weighted by Crippen LogP contribution is 2.29. The van der Waals surface area contributed by atoms with Crippen molar-refractivity contribution in [2.24, 2.45) is 5.92 Å². The molecular weight excluding hydrogens is 380 g/mol. The average Bonchev–Trinajstić information content (AvgIpc) is 3.31. The van der Waals surface area contributed by atoms with Crippen molar-refractivity contribution in [3.8, 4) is 0 Å². The normalized spacial score (nSPS) is 13.1. The van der Waals surface area contributed by atoms with Gasteiger partial charge in [-0.25, -0.2) is 0 Å². The van der Waals surface area contributed by atoms with Gasteiger partial charge in [0.05, 0.1) is 5.75 Å². The van der Waals surface area contributed by atoms with E-state index in [1.165, 1.54) is 22.9 Å². The van der Waals surface area contributed by atoms with Gasteiger partial charge in [0.25, 0.3) is 0 Å². The van der Waals surface area contributed by atoms with Crippen LogP contribution in [-0.4, -0.2) is 33.0 Å². The zero-order valence-corrected chi connectivity index (χ0v) is 17.7. The second-order valence-electron chi connectivity index (χ2n) is 7.78. The number of anilines is 1. The third-order valence-corrected chi connectivity index (χ3v) is 6.01. The Bertz CT molecular complexity index is 984. The first-order valence-electron chi connectivity index (χ1n) is 10.1. The van der Waals surface area contributed by atoms with Crippen LogP contribution >= 0.6 is 11.8 Å². The van der Waals surface area contributed by atoms with Gasteiger partial charge in [-0.2, -0.15) is 0 Å². The van der Waals surface area contributed by atoms with E-state index >= 15 is 0 Å². The lowest BCUT2D eigenvalue weighted by atomic mass is 10.1. The van der Waals surface area contributed by atoms with Crippen molar-refractivity contribution in [2.45, 2.75) is 38.4 Å². The van der Waals surface area contributed by atoms with Gasteiger partial charge in [0, 0.05) is 25.2 Å². The summed E-state index contributed by atoms with van der Waals surface area (Å²) in [6.45, 7) is 5.98. The zero-order chi connectivity index (χ0) is 20.2. The fourth-order valence-electron chi connectivity index (χ4n) is 3.68. The number of aromatic nitrogens is 3. The lowest BCUT2D eigenvalue weighted by Crippen LogP contribution is -2.30. The summed E-state index contributed by atoms with van der Waals surface area (Å²) in [6.07, 6.45) is 1.67. The van der Waals surface area contributed by atoms with Gasteiger partial charge in [-0.3, -0.25) is 4.79 Å². The van der Waals surface area contributed by atoms with Gasteiger partial charge < -0.3 is 9.47 Å². The number of hydrogen-bond donors (Lipinski definition) is 0. The van der Waals surface area contributed by atoms with Crippen molar-refractivity contribution in [3.05, 3.63) is 71.5 Å². The molecule has 0 saturated carbocycles. The van der Waals surface area contributed by atoms with E-state index in [9.17, 15) is 4.79 Å². The third-order valence-electron chi connectivity index (χ3n) is 5.06. The largest absolute Gasteiger partial charge is 0.311 e. The van der Waals surface area contributed by atoms with Crippen LogP contribution in [0.4, 0.5) is 5.69 Å². The van der Waals surface area contributed by atoms with Crippen LogP contribution in [0, 0.1) is 5.92 Å². The van der Waals surface area contributed by atoms with Crippen LogP contribution < -0.4 is 4.90 Å². The van der Waals surface area contributed by atoms with E-state index in [2.05, 4.69) is 46.8 Å². The lowest BCUT2D eigenvalue weighted by Gasteiger charge is -2.17. The Morgan fingerprint density at radius 2 is 1.83 bits per heavy atom. The molecule has 5 nitrogen and oxygen atoms in total. The molecule has 29 heavy (non-hydrogen) atoms. The van der Waals surface area contributed by atoms with E-state index in [1.54, 1.807) is 0 Å². The molecule has 2 heterocycles. The standard InChI is InChI=1S/C23H26N4OS/c1-17(2)15-27-21(14-18-8-4-3-5-9-18)24-25-23(27)29-16-22(28)26-13-12-19-10-6-7-11-20(19)26/h3-11,17H,12-16H2,1-2H3.